The second-order valence-electron chi connectivity index (χ2n) is 5.19. The molecule has 0 aliphatic heterocycles. The van der Waals surface area contributed by atoms with Gasteiger partial charge in [0.1, 0.15) is 0 Å². The van der Waals surface area contributed by atoms with Crippen molar-refractivity contribution in [2.75, 3.05) is 0 Å². The van der Waals surface area contributed by atoms with Gasteiger partial charge in [-0.3, -0.25) is 0 Å². The summed E-state index contributed by atoms with van der Waals surface area (Å²) >= 11 is 48.0. The first-order valence-electron chi connectivity index (χ1n) is 6.83. The number of carbonyl (C=O) groups excluding carboxylic acids is 2. The normalized spacial score (nSPS) is 10.9. The van der Waals surface area contributed by atoms with Crippen LogP contribution in [0.2, 0.25) is 40.2 Å². The van der Waals surface area contributed by atoms with Crippen molar-refractivity contribution in [3.8, 4) is 0 Å². The smallest absolute Gasteiger partial charge is 0.347 e. The van der Waals surface area contributed by atoms with Gasteiger partial charge in [-0.25, -0.2) is 9.59 Å². The fraction of sp³-hybridized carbons (Fsp3) is 0.125. The van der Waals surface area contributed by atoms with Crippen LogP contribution in [0.4, 0.5) is 0 Å². The maximum absolute atomic E-state index is 12.5. The number of rotatable bonds is 2. The standard InChI is InChI=1S/C16H6Cl8O3/c1-3-5(9(19)13(23)11(21)7(3)17)15(25)27-16(26)6-4(2)8(18)12(22)14(24)10(6)20/h1-2H3. The van der Waals surface area contributed by atoms with E-state index >= 15 is 0 Å². The minimum atomic E-state index is -1.11. The zero-order chi connectivity index (χ0) is 20.8. The highest BCUT2D eigenvalue weighted by Gasteiger charge is 2.29. The fourth-order valence-electron chi connectivity index (χ4n) is 2.15. The molecule has 0 radical (unpaired) electrons. The third-order valence-electron chi connectivity index (χ3n) is 3.60. The van der Waals surface area contributed by atoms with Gasteiger partial charge in [0.15, 0.2) is 0 Å². The molecule has 0 aliphatic rings. The van der Waals surface area contributed by atoms with E-state index in [0.717, 1.165) is 0 Å². The predicted molar refractivity (Wildman–Crippen MR) is 112 cm³/mol. The average molecular weight is 530 g/mol. The molecular weight excluding hydrogens is 524 g/mol. The summed E-state index contributed by atoms with van der Waals surface area (Å²) in [5.74, 6) is -2.22. The van der Waals surface area contributed by atoms with Crippen molar-refractivity contribution in [3.05, 3.63) is 62.4 Å². The Balaban J connectivity index is 2.52. The highest BCUT2D eigenvalue weighted by molar-refractivity contribution is 6.54. The molecule has 0 fully saturated rings. The molecule has 0 saturated heterocycles. The van der Waals surface area contributed by atoms with E-state index in [0.29, 0.717) is 0 Å². The van der Waals surface area contributed by atoms with E-state index in [4.69, 9.17) is 97.5 Å². The average Bonchev–Trinajstić information content (AvgIpc) is 2.61. The molecule has 27 heavy (non-hydrogen) atoms. The Hall–Kier alpha value is -0.100. The molecule has 0 aliphatic carbocycles. The van der Waals surface area contributed by atoms with E-state index < -0.39 is 11.9 Å². The van der Waals surface area contributed by atoms with Crippen LogP contribution in [0, 0.1) is 13.8 Å². The van der Waals surface area contributed by atoms with Crippen LogP contribution in [0.1, 0.15) is 31.8 Å². The maximum Gasteiger partial charge on any atom is 0.347 e. The van der Waals surface area contributed by atoms with E-state index in [9.17, 15) is 9.59 Å². The lowest BCUT2D eigenvalue weighted by atomic mass is 10.1. The summed E-state index contributed by atoms with van der Waals surface area (Å²) in [6.07, 6.45) is 0. The van der Waals surface area contributed by atoms with Gasteiger partial charge >= 0.3 is 11.9 Å². The molecule has 2 rings (SSSR count). The van der Waals surface area contributed by atoms with Gasteiger partial charge in [-0.15, -0.1) is 0 Å². The first-order chi connectivity index (χ1) is 12.4. The number of ether oxygens (including phenoxy) is 1. The molecule has 0 N–H and O–H groups in total. The topological polar surface area (TPSA) is 43.4 Å². The summed E-state index contributed by atoms with van der Waals surface area (Å²) in [5.41, 5.74) is -0.0681. The van der Waals surface area contributed by atoms with Crippen molar-refractivity contribution in [1.82, 2.24) is 0 Å². The van der Waals surface area contributed by atoms with Gasteiger partial charge in [0.2, 0.25) is 0 Å². The second-order valence-corrected chi connectivity index (χ2v) is 8.21. The van der Waals surface area contributed by atoms with Crippen LogP contribution in [-0.2, 0) is 4.74 Å². The van der Waals surface area contributed by atoms with Crippen molar-refractivity contribution < 1.29 is 14.3 Å². The Bertz CT molecular complexity index is 863. The van der Waals surface area contributed by atoms with Gasteiger partial charge in [0, 0.05) is 0 Å². The Kier molecular flexibility index (Phi) is 7.49. The molecule has 0 unspecified atom stereocenters. The molecule has 0 amide bonds. The van der Waals surface area contributed by atoms with Gasteiger partial charge in [-0.1, -0.05) is 92.8 Å². The minimum Gasteiger partial charge on any atom is -0.386 e. The number of hydrogen-bond acceptors (Lipinski definition) is 3. The summed E-state index contributed by atoms with van der Waals surface area (Å²) < 4.78 is 4.88. The van der Waals surface area contributed by atoms with Gasteiger partial charge < -0.3 is 4.74 Å². The highest BCUT2D eigenvalue weighted by Crippen LogP contribution is 2.43. The fourth-order valence-corrected chi connectivity index (χ4v) is 4.20. The molecule has 2 aromatic rings. The summed E-state index contributed by atoms with van der Waals surface area (Å²) in [6, 6.07) is 0. The van der Waals surface area contributed by atoms with E-state index in [1.54, 1.807) is 0 Å². The number of benzene rings is 2. The minimum absolute atomic E-state index is 0.00254. The molecule has 0 aromatic heterocycles. The zero-order valence-corrected chi connectivity index (χ0v) is 19.3. The number of hydrogen-bond donors (Lipinski definition) is 0. The first-order valence-corrected chi connectivity index (χ1v) is 9.85. The molecule has 3 nitrogen and oxygen atoms in total. The molecule has 2 aromatic carbocycles. The summed E-state index contributed by atoms with van der Waals surface area (Å²) in [7, 11) is 0. The Morgan fingerprint density at radius 3 is 1.07 bits per heavy atom. The van der Waals surface area contributed by atoms with Crippen LogP contribution in [0.15, 0.2) is 0 Å². The van der Waals surface area contributed by atoms with Crippen molar-refractivity contribution >= 4 is 105 Å². The Labute approximate surface area is 194 Å². The second kappa shape index (κ2) is 8.73. The summed E-state index contributed by atoms with van der Waals surface area (Å²) in [6.45, 7) is 2.93. The van der Waals surface area contributed by atoms with Gasteiger partial charge in [-0.2, -0.15) is 0 Å². The van der Waals surface area contributed by atoms with Crippen molar-refractivity contribution in [2.24, 2.45) is 0 Å². The molecule has 0 saturated carbocycles. The summed E-state index contributed by atoms with van der Waals surface area (Å²) in [4.78, 5) is 25.0. The van der Waals surface area contributed by atoms with E-state index in [-0.39, 0.29) is 62.4 Å². The monoisotopic (exact) mass is 526 g/mol. The van der Waals surface area contributed by atoms with Gasteiger partial charge in [0.25, 0.3) is 0 Å². The number of esters is 2. The third-order valence-corrected chi connectivity index (χ3v) is 7.39. The molecule has 0 spiro atoms. The lowest BCUT2D eigenvalue weighted by Gasteiger charge is -2.15. The van der Waals surface area contributed by atoms with Crippen molar-refractivity contribution in [2.45, 2.75) is 13.8 Å². The Morgan fingerprint density at radius 1 is 0.519 bits per heavy atom. The highest BCUT2D eigenvalue weighted by atomic mass is 35.5. The van der Waals surface area contributed by atoms with Crippen LogP contribution in [0.3, 0.4) is 0 Å². The molecular formula is C16H6Cl8O3. The number of halogens is 8. The number of carbonyl (C=O) groups is 2. The SMILES string of the molecule is Cc1c(Cl)c(Cl)c(Cl)c(Cl)c1C(=O)OC(=O)c1c(C)c(Cl)c(Cl)c(Cl)c1Cl. The molecule has 0 atom stereocenters. The van der Waals surface area contributed by atoms with Crippen LogP contribution < -0.4 is 0 Å². The predicted octanol–water partition coefficient (Wildman–Crippen LogP) is 8.53. The molecule has 144 valence electrons. The lowest BCUT2D eigenvalue weighted by Crippen LogP contribution is -2.16. The zero-order valence-electron chi connectivity index (χ0n) is 13.2. The van der Waals surface area contributed by atoms with Crippen LogP contribution in [0.25, 0.3) is 0 Å². The van der Waals surface area contributed by atoms with Gasteiger partial charge in [0.05, 0.1) is 51.3 Å². The summed E-state index contributed by atoms with van der Waals surface area (Å²) in [5, 5.41) is -0.791. The lowest BCUT2D eigenvalue weighted by molar-refractivity contribution is 0.0397. The molecule has 11 heteroatoms. The van der Waals surface area contributed by atoms with Crippen LogP contribution in [-0.4, -0.2) is 11.9 Å². The van der Waals surface area contributed by atoms with E-state index in [1.165, 1.54) is 13.8 Å². The quantitative estimate of drug-likeness (QED) is 0.169. The van der Waals surface area contributed by atoms with Crippen LogP contribution in [0.5, 0.6) is 0 Å². The van der Waals surface area contributed by atoms with Gasteiger partial charge in [-0.05, 0) is 25.0 Å². The van der Waals surface area contributed by atoms with Crippen LogP contribution >= 0.6 is 92.8 Å². The van der Waals surface area contributed by atoms with Crippen molar-refractivity contribution in [3.63, 3.8) is 0 Å². The van der Waals surface area contributed by atoms with Crippen molar-refractivity contribution in [1.29, 1.82) is 0 Å². The third kappa shape index (κ3) is 4.12. The van der Waals surface area contributed by atoms with E-state index in [1.807, 2.05) is 0 Å². The first kappa shape index (κ1) is 23.2. The van der Waals surface area contributed by atoms with E-state index in [2.05, 4.69) is 0 Å². The Morgan fingerprint density at radius 2 is 0.778 bits per heavy atom. The molecule has 0 heterocycles. The largest absolute Gasteiger partial charge is 0.386 e. The maximum atomic E-state index is 12.5. The molecule has 0 bridgehead atoms.